The number of benzene rings is 4. The summed E-state index contributed by atoms with van der Waals surface area (Å²) in [5.74, 6) is 0.664. The van der Waals surface area contributed by atoms with Crippen LogP contribution in [0.1, 0.15) is 41.4 Å². The van der Waals surface area contributed by atoms with Gasteiger partial charge in [-0.25, -0.2) is 0 Å². The van der Waals surface area contributed by atoms with E-state index in [1.165, 1.54) is 49.4 Å². The third kappa shape index (κ3) is 5.35. The molecule has 0 aliphatic heterocycles. The first-order chi connectivity index (χ1) is 21.3. The van der Waals surface area contributed by atoms with Crippen LogP contribution in [0, 0.1) is 0 Å². The van der Waals surface area contributed by atoms with Crippen LogP contribution >= 0.6 is 0 Å². The third-order valence-corrected chi connectivity index (χ3v) is 8.84. The van der Waals surface area contributed by atoms with Crippen LogP contribution in [-0.4, -0.2) is 4.98 Å². The molecule has 43 heavy (non-hydrogen) atoms. The normalized spacial score (nSPS) is 18.2. The summed E-state index contributed by atoms with van der Waals surface area (Å²) in [5, 5.41) is 5.47. The van der Waals surface area contributed by atoms with Crippen LogP contribution in [0.25, 0.3) is 32.8 Å². The van der Waals surface area contributed by atoms with Crippen molar-refractivity contribution in [2.24, 2.45) is 0 Å². The summed E-state index contributed by atoms with van der Waals surface area (Å²) >= 11 is 0. The second-order valence-corrected chi connectivity index (χ2v) is 11.5. The zero-order valence-electron chi connectivity index (χ0n) is 24.4. The van der Waals surface area contributed by atoms with E-state index in [-0.39, 0.29) is 5.92 Å². The molecule has 0 spiro atoms. The predicted octanol–water partition coefficient (Wildman–Crippen LogP) is 11.0. The molecule has 1 heterocycles. The minimum Gasteiger partial charge on any atom is -0.256 e. The van der Waals surface area contributed by atoms with Crippen molar-refractivity contribution < 1.29 is 0 Å². The molecule has 0 saturated carbocycles. The SMILES string of the molecule is C=CC1=C(/C=C\Cc2ccnc(-c3ccccc3)c2)CC(c2c3ccccc3c(C3C=CC=CC3)c3ccccc23)C=C1. The monoisotopic (exact) mass is 553 g/mol. The van der Waals surface area contributed by atoms with Gasteiger partial charge in [0.2, 0.25) is 0 Å². The van der Waals surface area contributed by atoms with Crippen molar-refractivity contribution in [1.29, 1.82) is 0 Å². The summed E-state index contributed by atoms with van der Waals surface area (Å²) in [4.78, 5) is 4.60. The molecule has 0 bridgehead atoms. The third-order valence-electron chi connectivity index (χ3n) is 8.84. The minimum absolute atomic E-state index is 0.277. The molecule has 208 valence electrons. The molecule has 7 rings (SSSR count). The molecule has 1 nitrogen and oxygen atoms in total. The highest BCUT2D eigenvalue weighted by molar-refractivity contribution is 6.07. The number of pyridine rings is 1. The molecule has 4 aromatic carbocycles. The number of allylic oxidation sites excluding steroid dienone is 11. The molecule has 0 amide bonds. The van der Waals surface area contributed by atoms with Gasteiger partial charge in [0.05, 0.1) is 5.69 Å². The number of nitrogens with zero attached hydrogens (tertiary/aromatic N) is 1. The van der Waals surface area contributed by atoms with Gasteiger partial charge in [-0.15, -0.1) is 0 Å². The molecule has 2 unspecified atom stereocenters. The van der Waals surface area contributed by atoms with Gasteiger partial charge < -0.3 is 0 Å². The van der Waals surface area contributed by atoms with Gasteiger partial charge in [0.25, 0.3) is 0 Å². The lowest BCUT2D eigenvalue weighted by Crippen LogP contribution is -2.07. The Morgan fingerprint density at radius 3 is 2.07 bits per heavy atom. The second kappa shape index (κ2) is 12.1. The molecule has 0 radical (unpaired) electrons. The van der Waals surface area contributed by atoms with E-state index in [4.69, 9.17) is 0 Å². The Kier molecular flexibility index (Phi) is 7.54. The van der Waals surface area contributed by atoms with E-state index in [1.807, 2.05) is 18.3 Å². The number of fused-ring (bicyclic) bond motifs is 2. The minimum atomic E-state index is 0.277. The Hall–Kier alpha value is -5.01. The number of hydrogen-bond donors (Lipinski definition) is 0. The highest BCUT2D eigenvalue weighted by atomic mass is 14.7. The maximum atomic E-state index is 4.60. The van der Waals surface area contributed by atoms with Crippen molar-refractivity contribution in [2.45, 2.75) is 31.1 Å². The van der Waals surface area contributed by atoms with Crippen LogP contribution in [-0.2, 0) is 6.42 Å². The van der Waals surface area contributed by atoms with Crippen LogP contribution in [0.3, 0.4) is 0 Å². The lowest BCUT2D eigenvalue weighted by molar-refractivity contribution is 0.833. The second-order valence-electron chi connectivity index (χ2n) is 11.5. The fourth-order valence-corrected chi connectivity index (χ4v) is 6.81. The maximum absolute atomic E-state index is 4.60. The molecule has 2 aliphatic rings. The Bertz CT molecular complexity index is 1910. The lowest BCUT2D eigenvalue weighted by Gasteiger charge is -2.27. The first-order valence-corrected chi connectivity index (χ1v) is 15.3. The zero-order chi connectivity index (χ0) is 29.0. The number of aromatic nitrogens is 1. The summed E-state index contributed by atoms with van der Waals surface area (Å²) < 4.78 is 0. The maximum Gasteiger partial charge on any atom is 0.0704 e. The van der Waals surface area contributed by atoms with E-state index in [2.05, 4.69) is 145 Å². The molecule has 1 aromatic heterocycles. The van der Waals surface area contributed by atoms with Gasteiger partial charge in [-0.2, -0.15) is 0 Å². The smallest absolute Gasteiger partial charge is 0.0704 e. The van der Waals surface area contributed by atoms with Gasteiger partial charge in [-0.1, -0.05) is 140 Å². The van der Waals surface area contributed by atoms with E-state index in [1.54, 1.807) is 0 Å². The number of hydrogen-bond acceptors (Lipinski definition) is 1. The van der Waals surface area contributed by atoms with E-state index in [0.717, 1.165) is 30.5 Å². The van der Waals surface area contributed by atoms with Gasteiger partial charge in [0.15, 0.2) is 0 Å². The first-order valence-electron chi connectivity index (χ1n) is 15.3. The van der Waals surface area contributed by atoms with Gasteiger partial charge in [-0.05, 0) is 80.8 Å². The molecule has 0 saturated heterocycles. The van der Waals surface area contributed by atoms with Crippen LogP contribution in [0.4, 0.5) is 0 Å². The van der Waals surface area contributed by atoms with Crippen molar-refractivity contribution in [1.82, 2.24) is 4.98 Å². The summed E-state index contributed by atoms with van der Waals surface area (Å²) in [6, 6.07) is 32.8. The molecular weight excluding hydrogens is 518 g/mol. The summed E-state index contributed by atoms with van der Waals surface area (Å²) in [7, 11) is 0. The average molecular weight is 554 g/mol. The van der Waals surface area contributed by atoms with Crippen LogP contribution in [0.2, 0.25) is 0 Å². The highest BCUT2D eigenvalue weighted by Crippen LogP contribution is 2.45. The van der Waals surface area contributed by atoms with Crippen molar-refractivity contribution in [3.63, 3.8) is 0 Å². The molecule has 2 atom stereocenters. The Morgan fingerprint density at radius 2 is 1.42 bits per heavy atom. The van der Waals surface area contributed by atoms with Crippen LogP contribution in [0.15, 0.2) is 170 Å². The molecule has 0 N–H and O–H groups in total. The van der Waals surface area contributed by atoms with E-state index >= 15 is 0 Å². The van der Waals surface area contributed by atoms with E-state index in [0.29, 0.717) is 5.92 Å². The van der Waals surface area contributed by atoms with Crippen LogP contribution in [0.5, 0.6) is 0 Å². The Labute approximate surface area is 254 Å². The zero-order valence-corrected chi connectivity index (χ0v) is 24.4. The van der Waals surface area contributed by atoms with Crippen molar-refractivity contribution >= 4 is 21.5 Å². The summed E-state index contributed by atoms with van der Waals surface area (Å²) in [5.41, 5.74) is 8.83. The Balaban J connectivity index is 1.23. The van der Waals surface area contributed by atoms with Crippen molar-refractivity contribution in [3.05, 3.63) is 186 Å². The van der Waals surface area contributed by atoms with Gasteiger partial charge in [-0.3, -0.25) is 4.98 Å². The quantitative estimate of drug-likeness (QED) is 0.183. The van der Waals surface area contributed by atoms with Crippen LogP contribution < -0.4 is 0 Å². The molecule has 1 heteroatoms. The van der Waals surface area contributed by atoms with E-state index < -0.39 is 0 Å². The van der Waals surface area contributed by atoms with Gasteiger partial charge in [0, 0.05) is 23.6 Å². The highest BCUT2D eigenvalue weighted by Gasteiger charge is 2.24. The topological polar surface area (TPSA) is 12.9 Å². The molecular formula is C42H35N. The Morgan fingerprint density at radius 1 is 0.744 bits per heavy atom. The average Bonchev–Trinajstić information content (AvgIpc) is 3.08. The fourth-order valence-electron chi connectivity index (χ4n) is 6.81. The molecule has 2 aliphatic carbocycles. The van der Waals surface area contributed by atoms with Crippen molar-refractivity contribution in [3.8, 4) is 11.3 Å². The molecule has 5 aromatic rings. The summed E-state index contributed by atoms with van der Waals surface area (Å²) in [6.45, 7) is 4.14. The first kappa shape index (κ1) is 26.9. The van der Waals surface area contributed by atoms with E-state index in [9.17, 15) is 0 Å². The van der Waals surface area contributed by atoms with Crippen molar-refractivity contribution in [2.75, 3.05) is 0 Å². The fraction of sp³-hybridized carbons (Fsp3) is 0.119. The number of rotatable bonds is 7. The lowest BCUT2D eigenvalue weighted by atomic mass is 9.77. The standard InChI is InChI=1S/C42H35N/c1-2-31-24-25-35(29-34(31)19-13-14-30-26-27-43-40(28-30)32-15-5-3-6-16-32)42-38-22-11-9-20-36(38)41(33-17-7-4-8-18-33)37-21-10-12-23-39(37)42/h2-13,15-17,19-28,33,35H,1,14,18,29H2/b19-13-. The largest absolute Gasteiger partial charge is 0.256 e. The predicted molar refractivity (Wildman–Crippen MR) is 183 cm³/mol. The van der Waals surface area contributed by atoms with Gasteiger partial charge >= 0.3 is 0 Å². The molecule has 0 fully saturated rings. The van der Waals surface area contributed by atoms with Gasteiger partial charge in [0.1, 0.15) is 0 Å². The summed E-state index contributed by atoms with van der Waals surface area (Å²) in [6.07, 6.45) is 25.0.